The van der Waals surface area contributed by atoms with Crippen molar-refractivity contribution >= 4 is 35.9 Å². The lowest BCUT2D eigenvalue weighted by Crippen LogP contribution is -2.38. The molecule has 0 atom stereocenters. The van der Waals surface area contributed by atoms with Crippen molar-refractivity contribution in [2.24, 2.45) is 4.99 Å². The number of ether oxygens (including phenoxy) is 1. The van der Waals surface area contributed by atoms with E-state index < -0.39 is 0 Å². The molecule has 26 heavy (non-hydrogen) atoms. The van der Waals surface area contributed by atoms with Gasteiger partial charge in [-0.05, 0) is 42.7 Å². The van der Waals surface area contributed by atoms with Crippen LogP contribution >= 0.6 is 24.0 Å². The second kappa shape index (κ2) is 14.8. The Labute approximate surface area is 175 Å². The van der Waals surface area contributed by atoms with Gasteiger partial charge in [-0.3, -0.25) is 9.79 Å². The molecule has 0 aliphatic heterocycles. The highest BCUT2D eigenvalue weighted by molar-refractivity contribution is 14.0. The SMILES string of the molecule is CN=C(NCCCCC(=O)OC)NCCCc1ccc(C(C)C)cc1.I. The predicted molar refractivity (Wildman–Crippen MR) is 119 cm³/mol. The number of methoxy groups -OCH3 is 1. The molecule has 0 fully saturated rings. The third kappa shape index (κ3) is 10.6. The van der Waals surface area contributed by atoms with Crippen LogP contribution in [-0.4, -0.2) is 39.2 Å². The number of unbranched alkanes of at least 4 members (excludes halogenated alkanes) is 1. The van der Waals surface area contributed by atoms with E-state index in [4.69, 9.17) is 0 Å². The molecule has 0 aliphatic carbocycles. The molecule has 0 saturated carbocycles. The molecule has 0 radical (unpaired) electrons. The van der Waals surface area contributed by atoms with Gasteiger partial charge in [-0.1, -0.05) is 38.1 Å². The summed E-state index contributed by atoms with van der Waals surface area (Å²) in [4.78, 5) is 15.2. The molecule has 5 nitrogen and oxygen atoms in total. The number of halogens is 1. The number of hydrogen-bond acceptors (Lipinski definition) is 3. The Balaban J connectivity index is 0.00000625. The summed E-state index contributed by atoms with van der Waals surface area (Å²) in [5.41, 5.74) is 2.76. The second-order valence-electron chi connectivity index (χ2n) is 6.46. The van der Waals surface area contributed by atoms with E-state index in [1.807, 2.05) is 0 Å². The summed E-state index contributed by atoms with van der Waals surface area (Å²) in [7, 11) is 3.19. The van der Waals surface area contributed by atoms with Crippen LogP contribution in [0.25, 0.3) is 0 Å². The van der Waals surface area contributed by atoms with Gasteiger partial charge in [0, 0.05) is 26.6 Å². The zero-order valence-electron chi connectivity index (χ0n) is 16.5. The summed E-state index contributed by atoms with van der Waals surface area (Å²) >= 11 is 0. The van der Waals surface area contributed by atoms with Gasteiger partial charge in [0.25, 0.3) is 0 Å². The summed E-state index contributed by atoms with van der Waals surface area (Å²) in [6, 6.07) is 8.90. The van der Waals surface area contributed by atoms with E-state index in [0.29, 0.717) is 12.3 Å². The molecule has 148 valence electrons. The third-order valence-corrected chi connectivity index (χ3v) is 4.13. The molecule has 1 aromatic rings. The summed E-state index contributed by atoms with van der Waals surface area (Å²) in [6.45, 7) is 6.11. The number of nitrogens with zero attached hydrogens (tertiary/aromatic N) is 1. The number of rotatable bonds is 10. The fourth-order valence-corrected chi connectivity index (χ4v) is 2.49. The fraction of sp³-hybridized carbons (Fsp3) is 0.600. The minimum Gasteiger partial charge on any atom is -0.469 e. The third-order valence-electron chi connectivity index (χ3n) is 4.13. The molecule has 1 aromatic carbocycles. The van der Waals surface area contributed by atoms with E-state index in [9.17, 15) is 4.79 Å². The maximum absolute atomic E-state index is 11.0. The van der Waals surface area contributed by atoms with Gasteiger partial charge in [0.15, 0.2) is 5.96 Å². The van der Waals surface area contributed by atoms with E-state index >= 15 is 0 Å². The van der Waals surface area contributed by atoms with E-state index in [1.165, 1.54) is 18.2 Å². The van der Waals surface area contributed by atoms with Crippen LogP contribution in [0.4, 0.5) is 0 Å². The van der Waals surface area contributed by atoms with E-state index in [-0.39, 0.29) is 29.9 Å². The molecule has 0 amide bonds. The van der Waals surface area contributed by atoms with Gasteiger partial charge in [0.05, 0.1) is 7.11 Å². The first-order valence-electron chi connectivity index (χ1n) is 9.17. The Bertz CT molecular complexity index is 530. The van der Waals surface area contributed by atoms with Gasteiger partial charge < -0.3 is 15.4 Å². The molecule has 0 aliphatic rings. The van der Waals surface area contributed by atoms with Gasteiger partial charge in [0.2, 0.25) is 0 Å². The van der Waals surface area contributed by atoms with Crippen molar-refractivity contribution < 1.29 is 9.53 Å². The molecule has 0 saturated heterocycles. The van der Waals surface area contributed by atoms with Crippen molar-refractivity contribution in [2.45, 2.75) is 51.9 Å². The summed E-state index contributed by atoms with van der Waals surface area (Å²) in [6.07, 6.45) is 4.33. The summed E-state index contributed by atoms with van der Waals surface area (Å²) in [5.74, 6) is 1.25. The van der Waals surface area contributed by atoms with Crippen LogP contribution in [0.1, 0.15) is 56.6 Å². The van der Waals surface area contributed by atoms with Gasteiger partial charge in [-0.15, -0.1) is 24.0 Å². The highest BCUT2D eigenvalue weighted by atomic mass is 127. The summed E-state index contributed by atoms with van der Waals surface area (Å²) in [5, 5.41) is 6.59. The van der Waals surface area contributed by atoms with Crippen LogP contribution in [0, 0.1) is 0 Å². The number of aliphatic imine (C=N–C) groups is 1. The predicted octanol–water partition coefficient (Wildman–Crippen LogP) is 3.87. The van der Waals surface area contributed by atoms with E-state index in [0.717, 1.165) is 44.7 Å². The molecule has 0 aromatic heterocycles. The standard InChI is InChI=1S/C20H33N3O2.HI/c1-16(2)18-12-10-17(11-13-18)8-7-15-23-20(21-3)22-14-6-5-9-19(24)25-4;/h10-13,16H,5-9,14-15H2,1-4H3,(H2,21,22,23);1H. The van der Waals surface area contributed by atoms with E-state index in [1.54, 1.807) is 7.05 Å². The Kier molecular flexibility index (Phi) is 14.1. The Morgan fingerprint density at radius 1 is 1.08 bits per heavy atom. The lowest BCUT2D eigenvalue weighted by atomic mass is 10.0. The molecule has 0 unspecified atom stereocenters. The maximum Gasteiger partial charge on any atom is 0.305 e. The quantitative estimate of drug-likeness (QED) is 0.177. The highest BCUT2D eigenvalue weighted by Gasteiger charge is 2.02. The lowest BCUT2D eigenvalue weighted by Gasteiger charge is -2.12. The van der Waals surface area contributed by atoms with Crippen LogP contribution in [0.15, 0.2) is 29.3 Å². The average molecular weight is 475 g/mol. The van der Waals surface area contributed by atoms with Gasteiger partial charge in [-0.25, -0.2) is 0 Å². The van der Waals surface area contributed by atoms with Crippen molar-refractivity contribution in [2.75, 3.05) is 27.2 Å². The van der Waals surface area contributed by atoms with E-state index in [2.05, 4.69) is 58.5 Å². The van der Waals surface area contributed by atoms with Crippen LogP contribution in [0.3, 0.4) is 0 Å². The lowest BCUT2D eigenvalue weighted by molar-refractivity contribution is -0.140. The first-order valence-corrected chi connectivity index (χ1v) is 9.17. The Morgan fingerprint density at radius 3 is 2.23 bits per heavy atom. The molecule has 0 heterocycles. The van der Waals surface area contributed by atoms with Gasteiger partial charge in [-0.2, -0.15) is 0 Å². The maximum atomic E-state index is 11.0. The van der Waals surface area contributed by atoms with Crippen molar-refractivity contribution in [1.82, 2.24) is 10.6 Å². The number of carbonyl (C=O) groups excluding carboxylic acids is 1. The normalized spacial score (nSPS) is 11.0. The van der Waals surface area contributed by atoms with Gasteiger partial charge in [0.1, 0.15) is 0 Å². The molecule has 1 rings (SSSR count). The molecule has 6 heteroatoms. The first kappa shape index (κ1) is 24.7. The summed E-state index contributed by atoms with van der Waals surface area (Å²) < 4.78 is 4.62. The van der Waals surface area contributed by atoms with Crippen molar-refractivity contribution in [1.29, 1.82) is 0 Å². The number of nitrogens with one attached hydrogen (secondary N) is 2. The number of guanidine groups is 1. The van der Waals surface area contributed by atoms with Crippen LogP contribution in [0.5, 0.6) is 0 Å². The Hall–Kier alpha value is -1.31. The molecular weight excluding hydrogens is 441 g/mol. The van der Waals surface area contributed by atoms with Crippen LogP contribution < -0.4 is 10.6 Å². The molecular formula is C20H34IN3O2. The van der Waals surface area contributed by atoms with Crippen LogP contribution in [0.2, 0.25) is 0 Å². The topological polar surface area (TPSA) is 62.7 Å². The number of carbonyl (C=O) groups is 1. The minimum atomic E-state index is -0.149. The number of benzene rings is 1. The monoisotopic (exact) mass is 475 g/mol. The number of hydrogen-bond donors (Lipinski definition) is 2. The fourth-order valence-electron chi connectivity index (χ4n) is 2.49. The molecule has 0 bridgehead atoms. The van der Waals surface area contributed by atoms with Crippen molar-refractivity contribution in [3.8, 4) is 0 Å². The smallest absolute Gasteiger partial charge is 0.305 e. The number of aryl methyl sites for hydroxylation is 1. The number of esters is 1. The minimum absolute atomic E-state index is 0. The molecule has 2 N–H and O–H groups in total. The highest BCUT2D eigenvalue weighted by Crippen LogP contribution is 2.15. The zero-order valence-corrected chi connectivity index (χ0v) is 18.8. The Morgan fingerprint density at radius 2 is 1.69 bits per heavy atom. The second-order valence-corrected chi connectivity index (χ2v) is 6.46. The van der Waals surface area contributed by atoms with Gasteiger partial charge >= 0.3 is 5.97 Å². The zero-order chi connectivity index (χ0) is 18.5. The molecule has 0 spiro atoms. The first-order chi connectivity index (χ1) is 12.1. The van der Waals surface area contributed by atoms with Crippen LogP contribution in [-0.2, 0) is 16.0 Å². The largest absolute Gasteiger partial charge is 0.469 e. The van der Waals surface area contributed by atoms with Crippen molar-refractivity contribution in [3.05, 3.63) is 35.4 Å². The average Bonchev–Trinajstić information content (AvgIpc) is 2.63. The van der Waals surface area contributed by atoms with Crippen molar-refractivity contribution in [3.63, 3.8) is 0 Å².